The Labute approximate surface area is 277 Å². The Morgan fingerprint density at radius 1 is 0.980 bits per heavy atom. The minimum atomic E-state index is -4.92. The summed E-state index contributed by atoms with van der Waals surface area (Å²) in [5.74, 6) is 0.748. The number of urea groups is 1. The van der Waals surface area contributed by atoms with E-state index >= 15 is 0 Å². The van der Waals surface area contributed by atoms with Crippen molar-refractivity contribution in [3.05, 3.63) is 69.9 Å². The average Bonchev–Trinajstić information content (AvgIpc) is 3.68. The van der Waals surface area contributed by atoms with Crippen molar-refractivity contribution in [2.45, 2.75) is 50.7 Å². The smallest absolute Gasteiger partial charge is 0.423 e. The maximum absolute atomic E-state index is 14.0. The molecule has 0 saturated carbocycles. The molecule has 2 aliphatic rings. The van der Waals surface area contributed by atoms with Crippen LogP contribution in [0, 0.1) is 0 Å². The molecule has 12 nitrogen and oxygen atoms in total. The summed E-state index contributed by atoms with van der Waals surface area (Å²) in [7, 11) is 1.49. The van der Waals surface area contributed by atoms with E-state index in [4.69, 9.17) is 9.47 Å². The molecule has 2 aliphatic heterocycles. The summed E-state index contributed by atoms with van der Waals surface area (Å²) in [4.78, 5) is 38.8. The molecule has 2 fully saturated rings. The van der Waals surface area contributed by atoms with Crippen LogP contribution in [0.5, 0.6) is 5.75 Å². The first-order valence-corrected chi connectivity index (χ1v) is 15.6. The zero-order chi connectivity index (χ0) is 35.3. The van der Waals surface area contributed by atoms with Gasteiger partial charge in [-0.25, -0.2) is 19.4 Å². The van der Waals surface area contributed by atoms with Crippen molar-refractivity contribution in [1.29, 1.82) is 0 Å². The molecule has 2 unspecified atom stereocenters. The molecule has 2 amide bonds. The maximum Gasteiger partial charge on any atom is 0.423 e. The van der Waals surface area contributed by atoms with Crippen molar-refractivity contribution in [1.82, 2.24) is 29.5 Å². The number of ether oxygens (including phenoxy) is 2. The van der Waals surface area contributed by atoms with Crippen molar-refractivity contribution >= 4 is 17.7 Å². The molecule has 0 aliphatic carbocycles. The first-order chi connectivity index (χ1) is 23.2. The SMILES string of the molecule is COc1ccc(Cn2ncc(NC(C)COCCCN3CCN(C4CCN(c5ncc(C(F)(F)F)cn5)C4)C3=O)c(C(F)(F)F)c2=O)cc1. The molecule has 266 valence electrons. The van der Waals surface area contributed by atoms with Crippen molar-refractivity contribution < 1.29 is 40.6 Å². The number of nitrogens with zero attached hydrogens (tertiary/aromatic N) is 7. The summed E-state index contributed by atoms with van der Waals surface area (Å²) >= 11 is 0. The summed E-state index contributed by atoms with van der Waals surface area (Å²) in [6.45, 7) is 4.06. The third-order valence-corrected chi connectivity index (χ3v) is 8.28. The normalized spacial score (nSPS) is 17.6. The lowest BCUT2D eigenvalue weighted by Crippen LogP contribution is -2.41. The van der Waals surface area contributed by atoms with Gasteiger partial charge in [0, 0.05) is 57.8 Å². The van der Waals surface area contributed by atoms with E-state index in [1.165, 1.54) is 7.11 Å². The Balaban J connectivity index is 1.06. The molecule has 4 heterocycles. The summed E-state index contributed by atoms with van der Waals surface area (Å²) < 4.78 is 91.9. The Bertz CT molecular complexity index is 1640. The Kier molecular flexibility index (Phi) is 10.8. The van der Waals surface area contributed by atoms with Gasteiger partial charge in [0.1, 0.15) is 11.3 Å². The number of hydrogen-bond acceptors (Lipinski definition) is 9. The van der Waals surface area contributed by atoms with E-state index in [9.17, 15) is 35.9 Å². The quantitative estimate of drug-likeness (QED) is 0.206. The monoisotopic (exact) mass is 698 g/mol. The molecule has 1 N–H and O–H groups in total. The predicted octanol–water partition coefficient (Wildman–Crippen LogP) is 4.35. The molecular weight excluding hydrogens is 662 g/mol. The summed E-state index contributed by atoms with van der Waals surface area (Å²) in [6.07, 6.45) is -5.86. The number of amides is 2. The maximum atomic E-state index is 14.0. The molecule has 0 radical (unpaired) electrons. The second kappa shape index (κ2) is 14.9. The molecular formula is C31H36F6N8O4. The molecule has 2 saturated heterocycles. The number of alkyl halides is 6. The zero-order valence-corrected chi connectivity index (χ0v) is 26.8. The van der Waals surface area contributed by atoms with Crippen molar-refractivity contribution in [3.8, 4) is 5.75 Å². The zero-order valence-electron chi connectivity index (χ0n) is 26.8. The topological polar surface area (TPSA) is 118 Å². The molecule has 2 aromatic heterocycles. The first-order valence-electron chi connectivity index (χ1n) is 15.6. The molecule has 0 bridgehead atoms. The Morgan fingerprint density at radius 2 is 1.69 bits per heavy atom. The largest absolute Gasteiger partial charge is 0.497 e. The van der Waals surface area contributed by atoms with E-state index in [1.807, 2.05) is 0 Å². The van der Waals surface area contributed by atoms with E-state index in [2.05, 4.69) is 20.4 Å². The highest BCUT2D eigenvalue weighted by Gasteiger charge is 2.39. The van der Waals surface area contributed by atoms with Crippen LogP contribution in [0.4, 0.5) is 42.8 Å². The highest BCUT2D eigenvalue weighted by molar-refractivity contribution is 5.77. The van der Waals surface area contributed by atoms with E-state index in [1.54, 1.807) is 45.9 Å². The summed E-state index contributed by atoms with van der Waals surface area (Å²) in [5, 5.41) is 6.64. The Hall–Kier alpha value is -4.61. The highest BCUT2D eigenvalue weighted by Crippen LogP contribution is 2.32. The van der Waals surface area contributed by atoms with Gasteiger partial charge in [0.25, 0.3) is 5.56 Å². The van der Waals surface area contributed by atoms with Crippen LogP contribution in [0.25, 0.3) is 0 Å². The Morgan fingerprint density at radius 3 is 2.35 bits per heavy atom. The third-order valence-electron chi connectivity index (χ3n) is 8.28. The van der Waals surface area contributed by atoms with Gasteiger partial charge in [-0.2, -0.15) is 31.4 Å². The molecule has 3 aromatic rings. The van der Waals surface area contributed by atoms with Gasteiger partial charge in [-0.3, -0.25) is 4.79 Å². The van der Waals surface area contributed by atoms with E-state index in [0.29, 0.717) is 56.9 Å². The lowest BCUT2D eigenvalue weighted by molar-refractivity contribution is -0.139. The van der Waals surface area contributed by atoms with E-state index in [-0.39, 0.29) is 37.8 Å². The van der Waals surface area contributed by atoms with Gasteiger partial charge in [0.15, 0.2) is 0 Å². The molecule has 18 heteroatoms. The van der Waals surface area contributed by atoms with Crippen LogP contribution in [0.1, 0.15) is 36.5 Å². The second-order valence-electron chi connectivity index (χ2n) is 11.8. The number of hydrogen-bond donors (Lipinski definition) is 1. The number of carbonyl (C=O) groups is 1. The number of halogens is 6. The number of anilines is 2. The van der Waals surface area contributed by atoms with Gasteiger partial charge in [-0.15, -0.1) is 0 Å². The molecule has 1 aromatic carbocycles. The van der Waals surface area contributed by atoms with Crippen LogP contribution in [-0.2, 0) is 23.6 Å². The van der Waals surface area contributed by atoms with Gasteiger partial charge in [0.2, 0.25) is 5.95 Å². The van der Waals surface area contributed by atoms with Crippen molar-refractivity contribution in [3.63, 3.8) is 0 Å². The van der Waals surface area contributed by atoms with Gasteiger partial charge >= 0.3 is 18.4 Å². The van der Waals surface area contributed by atoms with Crippen molar-refractivity contribution in [2.75, 3.05) is 63.3 Å². The van der Waals surface area contributed by atoms with Gasteiger partial charge in [-0.1, -0.05) is 12.1 Å². The number of benzene rings is 1. The van der Waals surface area contributed by atoms with Crippen LogP contribution < -0.4 is 20.5 Å². The summed E-state index contributed by atoms with van der Waals surface area (Å²) in [5.41, 5.74) is -3.42. The molecule has 49 heavy (non-hydrogen) atoms. The lowest BCUT2D eigenvalue weighted by Gasteiger charge is -2.25. The number of nitrogens with one attached hydrogen (secondary N) is 1. The second-order valence-corrected chi connectivity index (χ2v) is 11.8. The number of carbonyl (C=O) groups excluding carboxylic acids is 1. The van der Waals surface area contributed by atoms with E-state index in [0.717, 1.165) is 23.3 Å². The predicted molar refractivity (Wildman–Crippen MR) is 165 cm³/mol. The minimum Gasteiger partial charge on any atom is -0.497 e. The van der Waals surface area contributed by atoms with Crippen molar-refractivity contribution in [2.24, 2.45) is 0 Å². The van der Waals surface area contributed by atoms with Crippen LogP contribution in [0.3, 0.4) is 0 Å². The number of aromatic nitrogens is 4. The van der Waals surface area contributed by atoms with Crippen LogP contribution in [-0.4, -0.2) is 101 Å². The third kappa shape index (κ3) is 8.71. The van der Waals surface area contributed by atoms with Gasteiger partial charge in [0.05, 0.1) is 43.8 Å². The highest BCUT2D eigenvalue weighted by atomic mass is 19.4. The fourth-order valence-electron chi connectivity index (χ4n) is 5.77. The van der Waals surface area contributed by atoms with Gasteiger partial charge in [-0.05, 0) is 37.5 Å². The van der Waals surface area contributed by atoms with Gasteiger partial charge < -0.3 is 29.5 Å². The van der Waals surface area contributed by atoms with Crippen LogP contribution >= 0.6 is 0 Å². The minimum absolute atomic E-state index is 0.0379. The van der Waals surface area contributed by atoms with Crippen LogP contribution in [0.15, 0.2) is 47.7 Å². The molecule has 2 atom stereocenters. The molecule has 0 spiro atoms. The fraction of sp³-hybridized carbons (Fsp3) is 0.516. The average molecular weight is 699 g/mol. The first kappa shape index (κ1) is 35.7. The molecule has 5 rings (SSSR count). The number of methoxy groups -OCH3 is 1. The lowest BCUT2D eigenvalue weighted by atomic mass is 10.2. The standard InChI is InChI=1S/C31H36F6N8O4/c1-20(41-25-16-40-45(27(46)26(25)31(35,36)37)17-21-4-6-24(48-2)7-5-21)19-49-13-3-9-42-11-12-44(29(42)47)23-8-10-43(18-23)28-38-14-22(15-39-28)30(32,33)34/h4-7,14-16,20,23,41H,3,8-13,17-19H2,1-2H3. The van der Waals surface area contributed by atoms with Crippen LogP contribution in [0.2, 0.25) is 0 Å². The summed E-state index contributed by atoms with van der Waals surface area (Å²) in [6, 6.07) is 5.66. The van der Waals surface area contributed by atoms with E-state index < -0.39 is 40.8 Å². The fourth-order valence-corrected chi connectivity index (χ4v) is 5.77. The number of rotatable bonds is 13.